The van der Waals surface area contributed by atoms with Gasteiger partial charge >= 0.3 is 0 Å². The standard InChI is InChI=1S/C22H31N3O4S/c1-17(26)23-22(11-4-2-5-12-22)21(27)25-15-10-18-16-19(8-9-20(18)25)30(28,29)24-13-6-3-7-14-24/h8-9,16H,2-7,10-15H2,1H3,(H,23,26). The van der Waals surface area contributed by atoms with E-state index in [-0.39, 0.29) is 11.8 Å². The summed E-state index contributed by atoms with van der Waals surface area (Å²) in [7, 11) is -3.50. The van der Waals surface area contributed by atoms with Crippen molar-refractivity contribution in [3.8, 4) is 0 Å². The Hall–Kier alpha value is -1.93. The minimum absolute atomic E-state index is 0.0669. The zero-order chi connectivity index (χ0) is 21.4. The molecule has 30 heavy (non-hydrogen) atoms. The Bertz CT molecular complexity index is 932. The maximum Gasteiger partial charge on any atom is 0.252 e. The highest BCUT2D eigenvalue weighted by atomic mass is 32.2. The van der Waals surface area contributed by atoms with Crippen LogP contribution in [0.2, 0.25) is 0 Å². The van der Waals surface area contributed by atoms with Gasteiger partial charge in [0.25, 0.3) is 5.91 Å². The Morgan fingerprint density at radius 2 is 1.63 bits per heavy atom. The summed E-state index contributed by atoms with van der Waals surface area (Å²) in [5, 5.41) is 2.95. The predicted octanol–water partition coefficient (Wildman–Crippen LogP) is 2.59. The van der Waals surface area contributed by atoms with E-state index in [2.05, 4.69) is 5.32 Å². The first-order valence-corrected chi connectivity index (χ1v) is 12.5. The second-order valence-electron chi connectivity index (χ2n) is 8.79. The second kappa shape index (κ2) is 8.30. The minimum atomic E-state index is -3.50. The first kappa shape index (κ1) is 21.3. The molecule has 8 heteroatoms. The Morgan fingerprint density at radius 3 is 2.30 bits per heavy atom. The summed E-state index contributed by atoms with van der Waals surface area (Å²) in [6.45, 7) is 3.12. The van der Waals surface area contributed by atoms with Crippen molar-refractivity contribution in [3.63, 3.8) is 0 Å². The molecule has 1 N–H and O–H groups in total. The first-order valence-electron chi connectivity index (χ1n) is 11.1. The topological polar surface area (TPSA) is 86.8 Å². The van der Waals surface area contributed by atoms with Gasteiger partial charge in [-0.15, -0.1) is 0 Å². The van der Waals surface area contributed by atoms with Crippen molar-refractivity contribution in [2.24, 2.45) is 0 Å². The summed E-state index contributed by atoms with van der Waals surface area (Å²) >= 11 is 0. The highest BCUT2D eigenvalue weighted by Gasteiger charge is 2.44. The van der Waals surface area contributed by atoms with Crippen LogP contribution in [0.3, 0.4) is 0 Å². The van der Waals surface area contributed by atoms with Crippen LogP contribution in [0.1, 0.15) is 63.9 Å². The lowest BCUT2D eigenvalue weighted by Gasteiger charge is -2.39. The van der Waals surface area contributed by atoms with Crippen LogP contribution in [0.4, 0.5) is 5.69 Å². The van der Waals surface area contributed by atoms with Gasteiger partial charge in [0.15, 0.2) is 0 Å². The van der Waals surface area contributed by atoms with E-state index in [1.54, 1.807) is 27.4 Å². The third-order valence-electron chi connectivity index (χ3n) is 6.68. The van der Waals surface area contributed by atoms with E-state index in [9.17, 15) is 18.0 Å². The van der Waals surface area contributed by atoms with Gasteiger partial charge in [0.05, 0.1) is 4.90 Å². The monoisotopic (exact) mass is 433 g/mol. The number of benzene rings is 1. The van der Waals surface area contributed by atoms with E-state index in [1.807, 2.05) is 0 Å². The Labute approximate surface area is 178 Å². The number of hydrogen-bond donors (Lipinski definition) is 1. The summed E-state index contributed by atoms with van der Waals surface area (Å²) in [6.07, 6.45) is 7.71. The van der Waals surface area contributed by atoms with Gasteiger partial charge in [-0.25, -0.2) is 8.42 Å². The van der Waals surface area contributed by atoms with Gasteiger partial charge in [-0.1, -0.05) is 25.7 Å². The zero-order valence-electron chi connectivity index (χ0n) is 17.7. The summed E-state index contributed by atoms with van der Waals surface area (Å²) in [5.74, 6) is -0.254. The van der Waals surface area contributed by atoms with Gasteiger partial charge < -0.3 is 10.2 Å². The van der Waals surface area contributed by atoms with Crippen molar-refractivity contribution in [2.75, 3.05) is 24.5 Å². The molecule has 4 rings (SSSR count). The van der Waals surface area contributed by atoms with Crippen LogP contribution < -0.4 is 10.2 Å². The fourth-order valence-corrected chi connectivity index (χ4v) is 6.72. The fraction of sp³-hybridized carbons (Fsp3) is 0.636. The van der Waals surface area contributed by atoms with E-state index in [4.69, 9.17) is 0 Å². The largest absolute Gasteiger partial charge is 0.342 e. The van der Waals surface area contributed by atoms with Crippen molar-refractivity contribution < 1.29 is 18.0 Å². The molecule has 1 aliphatic carbocycles. The van der Waals surface area contributed by atoms with Gasteiger partial charge in [-0.2, -0.15) is 4.31 Å². The predicted molar refractivity (Wildman–Crippen MR) is 115 cm³/mol. The Balaban J connectivity index is 1.60. The summed E-state index contributed by atoms with van der Waals surface area (Å²) in [6, 6.07) is 5.13. The molecule has 1 aromatic carbocycles. The first-order chi connectivity index (χ1) is 14.3. The average Bonchev–Trinajstić information content (AvgIpc) is 3.17. The van der Waals surface area contributed by atoms with Crippen LogP contribution in [0.15, 0.2) is 23.1 Å². The molecule has 0 unspecified atom stereocenters. The van der Waals surface area contributed by atoms with Crippen molar-refractivity contribution in [1.82, 2.24) is 9.62 Å². The molecule has 1 saturated carbocycles. The molecule has 2 fully saturated rings. The van der Waals surface area contributed by atoms with E-state index < -0.39 is 15.6 Å². The normalized spacial score (nSPS) is 21.8. The molecule has 7 nitrogen and oxygen atoms in total. The number of hydrogen-bond acceptors (Lipinski definition) is 4. The molecule has 0 atom stereocenters. The minimum Gasteiger partial charge on any atom is -0.342 e. The van der Waals surface area contributed by atoms with Crippen LogP contribution in [0.25, 0.3) is 0 Å². The number of anilines is 1. The lowest BCUT2D eigenvalue weighted by atomic mass is 9.80. The zero-order valence-corrected chi connectivity index (χ0v) is 18.5. The summed E-state index contributed by atoms with van der Waals surface area (Å²) in [4.78, 5) is 27.4. The van der Waals surface area contributed by atoms with Gasteiger partial charge in [0.1, 0.15) is 5.54 Å². The van der Waals surface area contributed by atoms with Gasteiger partial charge in [0.2, 0.25) is 15.9 Å². The second-order valence-corrected chi connectivity index (χ2v) is 10.7. The lowest BCUT2D eigenvalue weighted by Crippen LogP contribution is -2.60. The van der Waals surface area contributed by atoms with Crippen LogP contribution in [0, 0.1) is 0 Å². The number of fused-ring (bicyclic) bond motifs is 1. The summed E-state index contributed by atoms with van der Waals surface area (Å²) < 4.78 is 27.6. The SMILES string of the molecule is CC(=O)NC1(C(=O)N2CCc3cc(S(=O)(=O)N4CCCCC4)ccc32)CCCCC1. The molecule has 164 valence electrons. The van der Waals surface area contributed by atoms with Crippen LogP contribution >= 0.6 is 0 Å². The van der Waals surface area contributed by atoms with Crippen molar-refractivity contribution in [3.05, 3.63) is 23.8 Å². The summed E-state index contributed by atoms with van der Waals surface area (Å²) in [5.41, 5.74) is 0.813. The van der Waals surface area contributed by atoms with Crippen molar-refractivity contribution in [2.45, 2.75) is 75.1 Å². The number of carbonyl (C=O) groups excluding carboxylic acids is 2. The third-order valence-corrected chi connectivity index (χ3v) is 8.57. The molecule has 0 bridgehead atoms. The molecule has 1 aromatic rings. The van der Waals surface area contributed by atoms with Crippen LogP contribution in [-0.4, -0.2) is 49.7 Å². The molecule has 3 aliphatic rings. The number of amides is 2. The molecular weight excluding hydrogens is 402 g/mol. The molecule has 2 heterocycles. The smallest absolute Gasteiger partial charge is 0.252 e. The molecule has 2 amide bonds. The number of nitrogens with one attached hydrogen (secondary N) is 1. The number of nitrogens with zero attached hydrogens (tertiary/aromatic N) is 2. The van der Waals surface area contributed by atoms with Crippen LogP contribution in [-0.2, 0) is 26.0 Å². The third kappa shape index (κ3) is 3.87. The number of carbonyl (C=O) groups is 2. The average molecular weight is 434 g/mol. The quantitative estimate of drug-likeness (QED) is 0.791. The molecular formula is C22H31N3O4S. The van der Waals surface area contributed by atoms with E-state index in [1.165, 1.54) is 6.92 Å². The lowest BCUT2D eigenvalue weighted by molar-refractivity contribution is -0.132. The van der Waals surface area contributed by atoms with Crippen LogP contribution in [0.5, 0.6) is 0 Å². The van der Waals surface area contributed by atoms with Gasteiger partial charge in [-0.3, -0.25) is 9.59 Å². The Kier molecular flexibility index (Phi) is 5.90. The molecule has 0 aromatic heterocycles. The number of sulfonamides is 1. The number of piperidine rings is 1. The van der Waals surface area contributed by atoms with Gasteiger partial charge in [0, 0.05) is 32.2 Å². The maximum absolute atomic E-state index is 13.5. The maximum atomic E-state index is 13.5. The van der Waals surface area contributed by atoms with Crippen molar-refractivity contribution in [1.29, 1.82) is 0 Å². The molecule has 1 saturated heterocycles. The highest BCUT2D eigenvalue weighted by molar-refractivity contribution is 7.89. The van der Waals surface area contributed by atoms with Gasteiger partial charge in [-0.05, 0) is 55.9 Å². The van der Waals surface area contributed by atoms with E-state index in [0.717, 1.165) is 49.8 Å². The van der Waals surface area contributed by atoms with E-state index >= 15 is 0 Å². The molecule has 2 aliphatic heterocycles. The molecule has 0 spiro atoms. The molecule has 0 radical (unpaired) electrons. The highest BCUT2D eigenvalue weighted by Crippen LogP contribution is 2.37. The van der Waals surface area contributed by atoms with E-state index in [0.29, 0.717) is 43.8 Å². The number of rotatable bonds is 4. The fourth-order valence-electron chi connectivity index (χ4n) is 5.15. The van der Waals surface area contributed by atoms with Crippen molar-refractivity contribution >= 4 is 27.5 Å². The Morgan fingerprint density at radius 1 is 0.967 bits per heavy atom.